The number of halogens is 1. The number of rotatable bonds is 8. The van der Waals surface area contributed by atoms with E-state index in [1.165, 1.54) is 18.4 Å². The first-order valence-electron chi connectivity index (χ1n) is 11.9. The van der Waals surface area contributed by atoms with E-state index in [1.54, 1.807) is 28.9 Å². The topological polar surface area (TPSA) is 117 Å². The molecule has 4 aromatic heterocycles. The van der Waals surface area contributed by atoms with Crippen LogP contribution < -0.4 is 10.1 Å². The molecule has 1 aliphatic rings. The second-order valence-corrected chi connectivity index (χ2v) is 9.48. The predicted molar refractivity (Wildman–Crippen MR) is 135 cm³/mol. The standard InChI is InChI=1S/C25H24ClN9O2/c1-15-19(21(6-7-22(15)37-2)35-14-23(26)30-32-35)9-27-25(36)20-13-34(31-29-20)12-18-11-33-10-17(16-3-4-16)5-8-24(33)28-18/h5-8,10-11,13-14,16H,3-4,9,12H2,1-2H3,(H,27,36). The molecule has 37 heavy (non-hydrogen) atoms. The second kappa shape index (κ2) is 9.32. The van der Waals surface area contributed by atoms with E-state index < -0.39 is 0 Å². The van der Waals surface area contributed by atoms with Gasteiger partial charge in [-0.15, -0.1) is 10.2 Å². The van der Waals surface area contributed by atoms with Crippen molar-refractivity contribution >= 4 is 23.2 Å². The van der Waals surface area contributed by atoms with Gasteiger partial charge >= 0.3 is 0 Å². The fraction of sp³-hybridized carbons (Fsp3) is 0.280. The zero-order chi connectivity index (χ0) is 25.5. The quantitative estimate of drug-likeness (QED) is 0.335. The van der Waals surface area contributed by atoms with Crippen molar-refractivity contribution in [1.29, 1.82) is 0 Å². The summed E-state index contributed by atoms with van der Waals surface area (Å²) in [6.07, 6.45) is 9.87. The van der Waals surface area contributed by atoms with Gasteiger partial charge in [0.1, 0.15) is 11.4 Å². The van der Waals surface area contributed by atoms with E-state index in [2.05, 4.69) is 43.2 Å². The molecule has 1 aliphatic carbocycles. The van der Waals surface area contributed by atoms with Crippen LogP contribution in [0.15, 0.2) is 49.1 Å². The van der Waals surface area contributed by atoms with Gasteiger partial charge in [-0.2, -0.15) is 0 Å². The Morgan fingerprint density at radius 3 is 2.73 bits per heavy atom. The summed E-state index contributed by atoms with van der Waals surface area (Å²) < 4.78 is 10.7. The maximum atomic E-state index is 12.9. The average Bonchev–Trinajstić information content (AvgIpc) is 3.28. The van der Waals surface area contributed by atoms with E-state index >= 15 is 0 Å². The lowest BCUT2D eigenvalue weighted by molar-refractivity contribution is 0.0945. The minimum absolute atomic E-state index is 0.214. The highest BCUT2D eigenvalue weighted by Gasteiger charge is 2.24. The van der Waals surface area contributed by atoms with Gasteiger partial charge in [-0.05, 0) is 55.0 Å². The summed E-state index contributed by atoms with van der Waals surface area (Å²) in [5, 5.41) is 19.3. The molecule has 1 N–H and O–H groups in total. The normalized spacial score (nSPS) is 13.3. The number of carbonyl (C=O) groups is 1. The van der Waals surface area contributed by atoms with E-state index in [4.69, 9.17) is 16.3 Å². The Morgan fingerprint density at radius 1 is 1.11 bits per heavy atom. The Balaban J connectivity index is 1.17. The molecule has 0 spiro atoms. The lowest BCUT2D eigenvalue weighted by Gasteiger charge is -2.15. The number of hydrogen-bond donors (Lipinski definition) is 1. The van der Waals surface area contributed by atoms with E-state index in [-0.39, 0.29) is 23.3 Å². The highest BCUT2D eigenvalue weighted by atomic mass is 35.5. The molecule has 0 bridgehead atoms. The first kappa shape index (κ1) is 23.2. The molecule has 12 heteroatoms. The van der Waals surface area contributed by atoms with Gasteiger partial charge in [-0.25, -0.2) is 14.3 Å². The minimum atomic E-state index is -0.347. The van der Waals surface area contributed by atoms with Crippen LogP contribution in [0, 0.1) is 6.92 Å². The monoisotopic (exact) mass is 517 g/mol. The van der Waals surface area contributed by atoms with Crippen LogP contribution in [-0.2, 0) is 13.1 Å². The number of benzene rings is 1. The molecule has 0 unspecified atom stereocenters. The van der Waals surface area contributed by atoms with E-state index in [0.717, 1.165) is 28.2 Å². The summed E-state index contributed by atoms with van der Waals surface area (Å²) in [6.45, 7) is 2.55. The number of nitrogens with one attached hydrogen (secondary N) is 1. The summed E-state index contributed by atoms with van der Waals surface area (Å²) in [7, 11) is 1.60. The number of carbonyl (C=O) groups excluding carboxylic acids is 1. The van der Waals surface area contributed by atoms with Gasteiger partial charge in [-0.3, -0.25) is 4.79 Å². The number of imidazole rings is 1. The molecule has 6 rings (SSSR count). The molecular weight excluding hydrogens is 494 g/mol. The smallest absolute Gasteiger partial charge is 0.273 e. The molecule has 1 aromatic carbocycles. The Kier molecular flexibility index (Phi) is 5.84. The van der Waals surface area contributed by atoms with E-state index in [0.29, 0.717) is 18.2 Å². The molecule has 4 heterocycles. The molecule has 0 saturated heterocycles. The molecule has 5 aromatic rings. The number of pyridine rings is 1. The molecule has 11 nitrogen and oxygen atoms in total. The van der Waals surface area contributed by atoms with Gasteiger partial charge in [0.15, 0.2) is 10.8 Å². The first-order chi connectivity index (χ1) is 18.0. The molecular formula is C25H24ClN9O2. The Bertz CT molecular complexity index is 1620. The maximum absolute atomic E-state index is 12.9. The molecule has 0 radical (unpaired) electrons. The summed E-state index contributed by atoms with van der Waals surface area (Å²) in [5.74, 6) is 1.03. The number of hydrogen-bond acceptors (Lipinski definition) is 7. The second-order valence-electron chi connectivity index (χ2n) is 9.09. The summed E-state index contributed by atoms with van der Waals surface area (Å²) >= 11 is 5.96. The fourth-order valence-corrected chi connectivity index (χ4v) is 4.57. The highest BCUT2D eigenvalue weighted by molar-refractivity contribution is 6.29. The third kappa shape index (κ3) is 4.65. The largest absolute Gasteiger partial charge is 0.496 e. The van der Waals surface area contributed by atoms with Crippen LogP contribution in [0.25, 0.3) is 11.3 Å². The van der Waals surface area contributed by atoms with Crippen molar-refractivity contribution in [2.75, 3.05) is 7.11 Å². The molecule has 1 saturated carbocycles. The third-order valence-corrected chi connectivity index (χ3v) is 6.72. The minimum Gasteiger partial charge on any atom is -0.496 e. The van der Waals surface area contributed by atoms with Crippen LogP contribution in [0.1, 0.15) is 51.6 Å². The summed E-state index contributed by atoms with van der Waals surface area (Å²) in [6, 6.07) is 7.87. The molecule has 0 atom stereocenters. The van der Waals surface area contributed by atoms with Gasteiger partial charge < -0.3 is 14.5 Å². The van der Waals surface area contributed by atoms with Crippen LogP contribution in [0.3, 0.4) is 0 Å². The van der Waals surface area contributed by atoms with Gasteiger partial charge in [0, 0.05) is 24.5 Å². The third-order valence-electron chi connectivity index (χ3n) is 6.55. The first-order valence-corrected chi connectivity index (χ1v) is 12.3. The Labute approximate surface area is 217 Å². The number of fused-ring (bicyclic) bond motifs is 1. The molecule has 0 aliphatic heterocycles. The van der Waals surface area contributed by atoms with Crippen LogP contribution in [0.4, 0.5) is 0 Å². The van der Waals surface area contributed by atoms with Crippen molar-refractivity contribution in [2.45, 2.75) is 38.8 Å². The highest BCUT2D eigenvalue weighted by Crippen LogP contribution is 2.39. The van der Waals surface area contributed by atoms with Crippen molar-refractivity contribution < 1.29 is 9.53 Å². The average molecular weight is 518 g/mol. The lowest BCUT2D eigenvalue weighted by Crippen LogP contribution is -2.24. The molecule has 1 fully saturated rings. The van der Waals surface area contributed by atoms with E-state index in [1.807, 2.05) is 35.7 Å². The predicted octanol–water partition coefficient (Wildman–Crippen LogP) is 3.33. The molecule has 1 amide bonds. The van der Waals surface area contributed by atoms with Crippen molar-refractivity contribution in [1.82, 2.24) is 44.7 Å². The fourth-order valence-electron chi connectivity index (χ4n) is 4.44. The Hall–Kier alpha value is -4.25. The van der Waals surface area contributed by atoms with Gasteiger partial charge in [0.05, 0.1) is 37.4 Å². The van der Waals surface area contributed by atoms with Crippen molar-refractivity contribution in [3.63, 3.8) is 0 Å². The lowest BCUT2D eigenvalue weighted by atomic mass is 10.0. The van der Waals surface area contributed by atoms with Crippen molar-refractivity contribution in [3.05, 3.63) is 82.3 Å². The zero-order valence-electron chi connectivity index (χ0n) is 20.3. The van der Waals surface area contributed by atoms with Gasteiger partial charge in [0.2, 0.25) is 0 Å². The van der Waals surface area contributed by atoms with Crippen molar-refractivity contribution in [2.24, 2.45) is 0 Å². The molecule has 188 valence electrons. The van der Waals surface area contributed by atoms with Crippen LogP contribution in [-0.4, -0.2) is 52.4 Å². The number of amides is 1. The summed E-state index contributed by atoms with van der Waals surface area (Å²) in [4.78, 5) is 17.6. The maximum Gasteiger partial charge on any atom is 0.273 e. The summed E-state index contributed by atoms with van der Waals surface area (Å²) in [5.41, 5.74) is 5.70. The zero-order valence-corrected chi connectivity index (χ0v) is 21.1. The van der Waals surface area contributed by atoms with Gasteiger partial charge in [-0.1, -0.05) is 28.1 Å². The number of nitrogens with zero attached hydrogens (tertiary/aromatic N) is 8. The Morgan fingerprint density at radius 2 is 1.97 bits per heavy atom. The van der Waals surface area contributed by atoms with Crippen LogP contribution in [0.5, 0.6) is 5.75 Å². The number of ether oxygens (including phenoxy) is 1. The SMILES string of the molecule is COc1ccc(-n2cc(Cl)nn2)c(CNC(=O)c2cn(Cc3cn4cc(C5CC5)ccc4n3)nn2)c1C. The van der Waals surface area contributed by atoms with Crippen molar-refractivity contribution in [3.8, 4) is 11.4 Å². The number of aromatic nitrogens is 8. The van der Waals surface area contributed by atoms with E-state index in [9.17, 15) is 4.79 Å². The van der Waals surface area contributed by atoms with Crippen LogP contribution in [0.2, 0.25) is 5.15 Å². The van der Waals surface area contributed by atoms with Crippen LogP contribution >= 0.6 is 11.6 Å². The van der Waals surface area contributed by atoms with Gasteiger partial charge in [0.25, 0.3) is 5.91 Å². The number of methoxy groups -OCH3 is 1.